The predicted molar refractivity (Wildman–Crippen MR) is 131 cm³/mol. The summed E-state index contributed by atoms with van der Waals surface area (Å²) in [7, 11) is 0. The first-order valence-electron chi connectivity index (χ1n) is 11.9. The van der Waals surface area contributed by atoms with Crippen molar-refractivity contribution in [2.24, 2.45) is 0 Å². The standard InChI is InChI=1S/C25H27FN8O/c1-3-16-13-29-25(30-14-16)33-9-7-18(8-10-33)34-23-15-28-21(12-22(23)31-32-34)19-6-5-17(11-20(19)26)24(35)27-4-2/h5-6,11-15,18H,3-4,7-10H2,1-2H3,(H,27,35). The van der Waals surface area contributed by atoms with Crippen LogP contribution in [0.3, 0.4) is 0 Å². The fraction of sp³-hybridized carbons (Fsp3) is 0.360. The zero-order valence-corrected chi connectivity index (χ0v) is 19.8. The first-order valence-corrected chi connectivity index (χ1v) is 11.9. The number of hydrogen-bond donors (Lipinski definition) is 1. The molecule has 10 heteroatoms. The first-order chi connectivity index (χ1) is 17.1. The number of anilines is 1. The zero-order valence-electron chi connectivity index (χ0n) is 19.8. The van der Waals surface area contributed by atoms with Crippen molar-refractivity contribution in [1.82, 2.24) is 35.3 Å². The summed E-state index contributed by atoms with van der Waals surface area (Å²) in [4.78, 5) is 27.6. The van der Waals surface area contributed by atoms with Crippen LogP contribution >= 0.6 is 0 Å². The van der Waals surface area contributed by atoms with E-state index in [1.54, 1.807) is 24.4 Å². The van der Waals surface area contributed by atoms with Gasteiger partial charge in [-0.3, -0.25) is 9.78 Å². The van der Waals surface area contributed by atoms with Crippen molar-refractivity contribution in [3.8, 4) is 11.3 Å². The Balaban J connectivity index is 1.32. The number of rotatable bonds is 6. The summed E-state index contributed by atoms with van der Waals surface area (Å²) in [5, 5.41) is 11.4. The van der Waals surface area contributed by atoms with Gasteiger partial charge in [0.05, 0.1) is 17.9 Å². The second-order valence-electron chi connectivity index (χ2n) is 8.61. The van der Waals surface area contributed by atoms with E-state index in [1.807, 2.05) is 24.0 Å². The molecule has 0 saturated carbocycles. The summed E-state index contributed by atoms with van der Waals surface area (Å²) in [6, 6.07) is 6.33. The molecule has 0 aliphatic carbocycles. The van der Waals surface area contributed by atoms with Gasteiger partial charge in [-0.2, -0.15) is 0 Å². The molecule has 1 N–H and O–H groups in total. The van der Waals surface area contributed by atoms with Gasteiger partial charge in [0, 0.05) is 43.2 Å². The molecule has 1 saturated heterocycles. The summed E-state index contributed by atoms with van der Waals surface area (Å²) in [6.07, 6.45) is 8.16. The Morgan fingerprint density at radius 3 is 2.54 bits per heavy atom. The quantitative estimate of drug-likeness (QED) is 0.456. The normalized spacial score (nSPS) is 14.4. The number of pyridine rings is 1. The fourth-order valence-electron chi connectivity index (χ4n) is 4.39. The Morgan fingerprint density at radius 2 is 1.86 bits per heavy atom. The summed E-state index contributed by atoms with van der Waals surface area (Å²) >= 11 is 0. The van der Waals surface area contributed by atoms with Crippen LogP contribution in [-0.4, -0.2) is 55.5 Å². The van der Waals surface area contributed by atoms with Crippen LogP contribution in [0.2, 0.25) is 0 Å². The second kappa shape index (κ2) is 9.73. The second-order valence-corrected chi connectivity index (χ2v) is 8.61. The van der Waals surface area contributed by atoms with Crippen LogP contribution < -0.4 is 10.2 Å². The molecule has 180 valence electrons. The highest BCUT2D eigenvalue weighted by molar-refractivity contribution is 5.94. The van der Waals surface area contributed by atoms with Crippen molar-refractivity contribution in [3.05, 3.63) is 59.8 Å². The minimum Gasteiger partial charge on any atom is -0.352 e. The van der Waals surface area contributed by atoms with Crippen LogP contribution in [0.15, 0.2) is 42.9 Å². The average molecular weight is 475 g/mol. The Hall–Kier alpha value is -3.95. The molecule has 0 atom stereocenters. The van der Waals surface area contributed by atoms with Gasteiger partial charge in [0.2, 0.25) is 5.95 Å². The topological polar surface area (TPSA) is 102 Å². The van der Waals surface area contributed by atoms with E-state index in [-0.39, 0.29) is 17.5 Å². The minimum absolute atomic E-state index is 0.187. The molecule has 1 aromatic carbocycles. The van der Waals surface area contributed by atoms with Crippen molar-refractivity contribution >= 4 is 22.9 Å². The van der Waals surface area contributed by atoms with Crippen LogP contribution in [0.1, 0.15) is 48.7 Å². The van der Waals surface area contributed by atoms with E-state index in [9.17, 15) is 9.18 Å². The van der Waals surface area contributed by atoms with Gasteiger partial charge in [0.1, 0.15) is 16.9 Å². The van der Waals surface area contributed by atoms with E-state index in [0.29, 0.717) is 23.3 Å². The fourth-order valence-corrected chi connectivity index (χ4v) is 4.39. The third kappa shape index (κ3) is 4.55. The van der Waals surface area contributed by atoms with E-state index in [0.717, 1.165) is 49.4 Å². The average Bonchev–Trinajstić information content (AvgIpc) is 3.32. The number of aryl methyl sites for hydroxylation is 1. The van der Waals surface area contributed by atoms with Crippen LogP contribution in [0.5, 0.6) is 0 Å². The van der Waals surface area contributed by atoms with Gasteiger partial charge >= 0.3 is 0 Å². The van der Waals surface area contributed by atoms with Gasteiger partial charge in [-0.1, -0.05) is 12.1 Å². The van der Waals surface area contributed by atoms with Gasteiger partial charge in [-0.05, 0) is 56.0 Å². The Kier molecular flexibility index (Phi) is 6.35. The predicted octanol–water partition coefficient (Wildman–Crippen LogP) is 3.58. The maximum Gasteiger partial charge on any atom is 0.251 e. The van der Waals surface area contributed by atoms with E-state index >= 15 is 0 Å². The molecule has 4 aromatic rings. The highest BCUT2D eigenvalue weighted by Gasteiger charge is 2.25. The molecule has 5 rings (SSSR count). The van der Waals surface area contributed by atoms with Gasteiger partial charge < -0.3 is 10.2 Å². The molecule has 0 bridgehead atoms. The molecule has 1 amide bonds. The van der Waals surface area contributed by atoms with Crippen LogP contribution in [0, 0.1) is 5.82 Å². The smallest absolute Gasteiger partial charge is 0.251 e. The molecule has 35 heavy (non-hydrogen) atoms. The molecular weight excluding hydrogens is 447 g/mol. The summed E-state index contributed by atoms with van der Waals surface area (Å²) in [5.74, 6) is -0.0509. The monoisotopic (exact) mass is 474 g/mol. The van der Waals surface area contributed by atoms with Crippen molar-refractivity contribution in [3.63, 3.8) is 0 Å². The number of carbonyl (C=O) groups excluding carboxylic acids is 1. The van der Waals surface area contributed by atoms with E-state index in [2.05, 4.69) is 42.4 Å². The number of aromatic nitrogens is 6. The summed E-state index contributed by atoms with van der Waals surface area (Å²) < 4.78 is 16.7. The molecular formula is C25H27FN8O. The van der Waals surface area contributed by atoms with Gasteiger partial charge in [0.25, 0.3) is 5.91 Å². The zero-order chi connectivity index (χ0) is 24.4. The minimum atomic E-state index is -0.505. The van der Waals surface area contributed by atoms with Crippen molar-refractivity contribution in [1.29, 1.82) is 0 Å². The number of piperidine rings is 1. The number of nitrogens with one attached hydrogen (secondary N) is 1. The summed E-state index contributed by atoms with van der Waals surface area (Å²) in [6.45, 7) is 6.04. The third-order valence-corrected chi connectivity index (χ3v) is 6.40. The molecule has 3 aromatic heterocycles. The lowest BCUT2D eigenvalue weighted by atomic mass is 10.0. The van der Waals surface area contributed by atoms with Crippen LogP contribution in [-0.2, 0) is 6.42 Å². The van der Waals surface area contributed by atoms with Gasteiger partial charge in [-0.25, -0.2) is 19.0 Å². The highest BCUT2D eigenvalue weighted by Crippen LogP contribution is 2.29. The maximum atomic E-state index is 14.8. The Morgan fingerprint density at radius 1 is 1.09 bits per heavy atom. The lowest BCUT2D eigenvalue weighted by Crippen LogP contribution is -2.36. The Labute approximate surface area is 202 Å². The third-order valence-electron chi connectivity index (χ3n) is 6.40. The van der Waals surface area contributed by atoms with Crippen LogP contribution in [0.25, 0.3) is 22.3 Å². The van der Waals surface area contributed by atoms with Crippen molar-refractivity contribution in [2.75, 3.05) is 24.5 Å². The molecule has 1 aliphatic rings. The number of halogens is 1. The van der Waals surface area contributed by atoms with E-state index in [4.69, 9.17) is 0 Å². The molecule has 0 radical (unpaired) electrons. The molecule has 0 unspecified atom stereocenters. The highest BCUT2D eigenvalue weighted by atomic mass is 19.1. The van der Waals surface area contributed by atoms with Crippen LogP contribution in [0.4, 0.5) is 10.3 Å². The van der Waals surface area contributed by atoms with Gasteiger partial charge in [-0.15, -0.1) is 5.10 Å². The maximum absolute atomic E-state index is 14.8. The summed E-state index contributed by atoms with van der Waals surface area (Å²) in [5.41, 5.74) is 3.64. The number of carbonyl (C=O) groups is 1. The number of benzene rings is 1. The van der Waals surface area contributed by atoms with E-state index < -0.39 is 5.82 Å². The Bertz CT molecular complexity index is 1350. The number of nitrogens with zero attached hydrogens (tertiary/aromatic N) is 7. The molecule has 0 spiro atoms. The molecule has 1 aliphatic heterocycles. The largest absolute Gasteiger partial charge is 0.352 e. The number of amides is 1. The lowest BCUT2D eigenvalue weighted by molar-refractivity contribution is 0.0955. The first kappa shape index (κ1) is 22.8. The molecule has 9 nitrogen and oxygen atoms in total. The number of hydrogen-bond acceptors (Lipinski definition) is 7. The van der Waals surface area contributed by atoms with E-state index in [1.165, 1.54) is 6.07 Å². The lowest BCUT2D eigenvalue weighted by Gasteiger charge is -2.32. The molecule has 1 fully saturated rings. The van der Waals surface area contributed by atoms with Crippen molar-refractivity contribution < 1.29 is 9.18 Å². The van der Waals surface area contributed by atoms with Crippen molar-refractivity contribution in [2.45, 2.75) is 39.2 Å². The SMILES string of the molecule is CCNC(=O)c1ccc(-c2cc3nnn(C4CCN(c5ncc(CC)cn5)CC4)c3cn2)c(F)c1. The molecule has 4 heterocycles. The number of fused-ring (bicyclic) bond motifs is 1. The van der Waals surface area contributed by atoms with Gasteiger partial charge in [0.15, 0.2) is 0 Å².